The van der Waals surface area contributed by atoms with Crippen LogP contribution in [0.4, 0.5) is 8.78 Å². The van der Waals surface area contributed by atoms with Gasteiger partial charge in [-0.05, 0) is 34.5 Å². The van der Waals surface area contributed by atoms with Crippen LogP contribution < -0.4 is 0 Å². The van der Waals surface area contributed by atoms with Crippen LogP contribution in [0.25, 0.3) is 5.69 Å². The Morgan fingerprint density at radius 1 is 1.16 bits per heavy atom. The number of hydrogen-bond donors (Lipinski definition) is 0. The summed E-state index contributed by atoms with van der Waals surface area (Å²) in [6.07, 6.45) is 0.705. The van der Waals surface area contributed by atoms with Crippen molar-refractivity contribution in [2.24, 2.45) is 0 Å². The highest BCUT2D eigenvalue weighted by molar-refractivity contribution is 5.94. The van der Waals surface area contributed by atoms with Gasteiger partial charge in [-0.15, -0.1) is 5.10 Å². The Morgan fingerprint density at radius 2 is 1.97 bits per heavy atom. The zero-order valence-electron chi connectivity index (χ0n) is 20.1. The molecule has 0 N–H and O–H groups in total. The highest BCUT2D eigenvalue weighted by Crippen LogP contribution is 2.33. The molecule has 2 fully saturated rings. The highest BCUT2D eigenvalue weighted by atomic mass is 19.1. The summed E-state index contributed by atoms with van der Waals surface area (Å²) in [6.45, 7) is 4.85. The normalized spacial score (nSPS) is 21.5. The molecule has 3 aliphatic rings. The summed E-state index contributed by atoms with van der Waals surface area (Å²) in [5, 5.41) is 10.6. The number of carbonyl (C=O) groups is 2. The van der Waals surface area contributed by atoms with Gasteiger partial charge in [0.2, 0.25) is 5.91 Å². The maximum atomic E-state index is 14.7. The number of fused-ring (bicyclic) bond motifs is 2. The second-order valence-corrected chi connectivity index (χ2v) is 9.51. The van der Waals surface area contributed by atoms with E-state index in [-0.39, 0.29) is 48.3 Å². The number of halogens is 2. The third kappa shape index (κ3) is 4.25. The van der Waals surface area contributed by atoms with Crippen LogP contribution in [0.3, 0.4) is 0 Å². The molecule has 4 heterocycles. The number of esters is 1. The number of carbonyl (C=O) groups excluding carboxylic acids is 2. The second kappa shape index (κ2) is 9.27. The van der Waals surface area contributed by atoms with E-state index in [2.05, 4.69) is 20.4 Å². The first-order chi connectivity index (χ1) is 17.9. The van der Waals surface area contributed by atoms with Crippen LogP contribution in [0.2, 0.25) is 0 Å². The van der Waals surface area contributed by atoms with Crippen LogP contribution >= 0.6 is 0 Å². The van der Waals surface area contributed by atoms with Gasteiger partial charge in [0, 0.05) is 49.4 Å². The minimum Gasteiger partial charge on any atom is -0.457 e. The Morgan fingerprint density at radius 3 is 2.73 bits per heavy atom. The van der Waals surface area contributed by atoms with Gasteiger partial charge in [-0.25, -0.2) is 18.3 Å². The molecule has 192 valence electrons. The number of piperazine rings is 1. The molecule has 3 aromatic rings. The highest BCUT2D eigenvalue weighted by Gasteiger charge is 2.37. The summed E-state index contributed by atoms with van der Waals surface area (Å²) < 4.78 is 41.9. The van der Waals surface area contributed by atoms with Crippen molar-refractivity contribution in [2.45, 2.75) is 32.1 Å². The lowest BCUT2D eigenvalue weighted by atomic mass is 9.94. The van der Waals surface area contributed by atoms with E-state index in [9.17, 15) is 18.4 Å². The summed E-state index contributed by atoms with van der Waals surface area (Å²) in [7, 11) is 0. The molecular formula is C25H24F2N6O4. The number of aromatic nitrogens is 4. The molecule has 6 rings (SSSR count). The zero-order valence-corrected chi connectivity index (χ0v) is 20.1. The number of morpholine rings is 1. The number of hydrogen-bond acceptors (Lipinski definition) is 8. The molecule has 37 heavy (non-hydrogen) atoms. The third-order valence-corrected chi connectivity index (χ3v) is 7.47. The van der Waals surface area contributed by atoms with Gasteiger partial charge in [-0.1, -0.05) is 6.07 Å². The molecule has 0 unspecified atom stereocenters. The number of amides is 1. The fourth-order valence-corrected chi connectivity index (χ4v) is 5.35. The minimum absolute atomic E-state index is 0.00882. The van der Waals surface area contributed by atoms with Crippen molar-refractivity contribution in [1.29, 1.82) is 0 Å². The Labute approximate surface area is 210 Å². The van der Waals surface area contributed by atoms with Crippen molar-refractivity contribution >= 4 is 11.9 Å². The molecular weight excluding hydrogens is 486 g/mol. The molecule has 0 radical (unpaired) electrons. The van der Waals surface area contributed by atoms with Crippen LogP contribution in [0.1, 0.15) is 38.7 Å². The molecule has 2 saturated heterocycles. The first-order valence-corrected chi connectivity index (χ1v) is 12.0. The number of rotatable bonds is 4. The summed E-state index contributed by atoms with van der Waals surface area (Å²) in [5.41, 5.74) is 3.42. The molecule has 1 amide bonds. The van der Waals surface area contributed by atoms with Gasteiger partial charge in [-0.3, -0.25) is 9.69 Å². The zero-order chi connectivity index (χ0) is 25.7. The predicted octanol–water partition coefficient (Wildman–Crippen LogP) is 1.75. The van der Waals surface area contributed by atoms with Crippen molar-refractivity contribution in [2.75, 3.05) is 32.8 Å². The van der Waals surface area contributed by atoms with E-state index in [1.54, 1.807) is 11.0 Å². The quantitative estimate of drug-likeness (QED) is 0.490. The van der Waals surface area contributed by atoms with Crippen molar-refractivity contribution < 1.29 is 27.8 Å². The van der Waals surface area contributed by atoms with Gasteiger partial charge in [0.15, 0.2) is 0 Å². The largest absolute Gasteiger partial charge is 0.457 e. The van der Waals surface area contributed by atoms with Gasteiger partial charge >= 0.3 is 5.97 Å². The number of cyclic esters (lactones) is 1. The van der Waals surface area contributed by atoms with Crippen LogP contribution in [0, 0.1) is 18.6 Å². The third-order valence-electron chi connectivity index (χ3n) is 7.47. The van der Waals surface area contributed by atoms with Gasteiger partial charge < -0.3 is 14.4 Å². The number of ether oxygens (including phenoxy) is 2. The lowest BCUT2D eigenvalue weighted by molar-refractivity contribution is -0.139. The number of benzene rings is 2. The molecule has 0 saturated carbocycles. The maximum absolute atomic E-state index is 14.7. The van der Waals surface area contributed by atoms with E-state index in [1.807, 2.05) is 13.0 Å². The van der Waals surface area contributed by atoms with Gasteiger partial charge in [0.1, 0.15) is 24.6 Å². The molecule has 12 heteroatoms. The van der Waals surface area contributed by atoms with E-state index >= 15 is 0 Å². The molecule has 3 aliphatic heterocycles. The number of tetrazole rings is 1. The van der Waals surface area contributed by atoms with Crippen LogP contribution in [-0.2, 0) is 27.3 Å². The Bertz CT molecular complexity index is 1360. The lowest BCUT2D eigenvalue weighted by Crippen LogP contribution is -2.59. The van der Waals surface area contributed by atoms with Crippen molar-refractivity contribution in [3.8, 4) is 5.69 Å². The first-order valence-electron chi connectivity index (χ1n) is 12.0. The average molecular weight is 511 g/mol. The van der Waals surface area contributed by atoms with E-state index in [4.69, 9.17) is 9.47 Å². The van der Waals surface area contributed by atoms with Crippen molar-refractivity contribution in [3.05, 3.63) is 70.0 Å². The lowest BCUT2D eigenvalue weighted by Gasteiger charge is -2.46. The van der Waals surface area contributed by atoms with Gasteiger partial charge in [-0.2, -0.15) is 0 Å². The monoisotopic (exact) mass is 510 g/mol. The smallest absolute Gasteiger partial charge is 0.338 e. The van der Waals surface area contributed by atoms with Crippen molar-refractivity contribution in [3.63, 3.8) is 0 Å². The van der Waals surface area contributed by atoms with E-state index in [1.165, 1.54) is 6.33 Å². The van der Waals surface area contributed by atoms with E-state index < -0.39 is 11.6 Å². The van der Waals surface area contributed by atoms with Crippen LogP contribution in [0.5, 0.6) is 0 Å². The minimum atomic E-state index is -0.821. The second-order valence-electron chi connectivity index (χ2n) is 9.51. The van der Waals surface area contributed by atoms with Gasteiger partial charge in [0.05, 0.1) is 36.4 Å². The molecule has 0 spiro atoms. The predicted molar refractivity (Wildman–Crippen MR) is 124 cm³/mol. The molecule has 0 aliphatic carbocycles. The molecule has 10 nitrogen and oxygen atoms in total. The summed E-state index contributed by atoms with van der Waals surface area (Å²) >= 11 is 0. The van der Waals surface area contributed by atoms with E-state index in [0.717, 1.165) is 33.5 Å². The molecule has 1 aromatic heterocycles. The fraction of sp³-hybridized carbons (Fsp3) is 0.400. The Kier molecular flexibility index (Phi) is 5.92. The summed E-state index contributed by atoms with van der Waals surface area (Å²) in [6, 6.07) is 5.94. The van der Waals surface area contributed by atoms with Crippen molar-refractivity contribution in [1.82, 2.24) is 30.0 Å². The molecule has 0 bridgehead atoms. The molecule has 2 aromatic carbocycles. The fourth-order valence-electron chi connectivity index (χ4n) is 5.35. The summed E-state index contributed by atoms with van der Waals surface area (Å²) in [4.78, 5) is 28.8. The topological polar surface area (TPSA) is 103 Å². The Balaban J connectivity index is 1.10. The molecule has 2 atom stereocenters. The standard InChI is InChI=1S/C25H24F2N6O4/c1-14-17(2-3-18-20(14)12-37-25(18)35)23-10-31-4-5-32(9-16(31)11-36-23)24(34)8-19-21(26)6-15(7-22(19)27)33-13-28-29-30-33/h2-3,6-7,13,16,23H,4-5,8-12H2,1H3/t16-,23+/m1/s1. The maximum Gasteiger partial charge on any atom is 0.338 e. The first kappa shape index (κ1) is 23.6. The Hall–Kier alpha value is -3.77. The van der Waals surface area contributed by atoms with Crippen LogP contribution in [0.15, 0.2) is 30.6 Å². The summed E-state index contributed by atoms with van der Waals surface area (Å²) in [5.74, 6) is -2.27. The van der Waals surface area contributed by atoms with E-state index in [0.29, 0.717) is 38.3 Å². The average Bonchev–Trinajstić information content (AvgIpc) is 3.56. The van der Waals surface area contributed by atoms with Gasteiger partial charge in [0.25, 0.3) is 0 Å². The SMILES string of the molecule is Cc1c([C@@H]2CN3CCN(C(=O)Cc4c(F)cc(-n5cnnn5)cc4F)C[C@@H]3CO2)ccc2c1COC2=O. The number of nitrogens with zero attached hydrogens (tertiary/aromatic N) is 6. The van der Waals surface area contributed by atoms with Crippen LogP contribution in [-0.4, -0.2) is 80.7 Å².